The van der Waals surface area contributed by atoms with Crippen molar-refractivity contribution in [1.82, 2.24) is 0 Å². The van der Waals surface area contributed by atoms with Crippen molar-refractivity contribution in [1.29, 1.82) is 0 Å². The highest BCUT2D eigenvalue weighted by Gasteiger charge is 2.41. The van der Waals surface area contributed by atoms with Crippen LogP contribution in [0.4, 0.5) is 8.78 Å². The van der Waals surface area contributed by atoms with Crippen LogP contribution in [-0.2, 0) is 9.59 Å². The van der Waals surface area contributed by atoms with Crippen molar-refractivity contribution >= 4 is 17.7 Å². The number of halogens is 2. The first-order valence-electron chi connectivity index (χ1n) is 5.66. The van der Waals surface area contributed by atoms with Crippen LogP contribution in [-0.4, -0.2) is 34.4 Å². The van der Waals surface area contributed by atoms with Crippen LogP contribution in [0.5, 0.6) is 0 Å². The highest BCUT2D eigenvalue weighted by molar-refractivity contribution is 5.98. The molecular weight excluding hydrogens is 274 g/mol. The third kappa shape index (κ3) is 3.84. The van der Waals surface area contributed by atoms with Gasteiger partial charge in [0.2, 0.25) is 6.43 Å². The van der Waals surface area contributed by atoms with E-state index in [9.17, 15) is 23.2 Å². The number of aliphatic carboxylic acids is 2. The van der Waals surface area contributed by atoms with Crippen LogP contribution in [0.1, 0.15) is 16.8 Å². The number of hydrogen-bond acceptors (Lipinski definition) is 3. The zero-order valence-electron chi connectivity index (χ0n) is 10.2. The van der Waals surface area contributed by atoms with Crippen LogP contribution in [0.2, 0.25) is 0 Å². The first kappa shape index (κ1) is 15.7. The number of Topliss-reactive ketones (excluding diaryl/α,β-unsaturated/α-hetero) is 1. The second-order valence-electron chi connectivity index (χ2n) is 4.15. The minimum absolute atomic E-state index is 0.132. The average molecular weight is 286 g/mol. The maximum atomic E-state index is 12.9. The van der Waals surface area contributed by atoms with Crippen LogP contribution < -0.4 is 0 Å². The number of carbonyl (C=O) groups is 3. The summed E-state index contributed by atoms with van der Waals surface area (Å²) in [6.07, 6.45) is -4.06. The first-order chi connectivity index (χ1) is 9.34. The third-order valence-corrected chi connectivity index (χ3v) is 2.80. The lowest BCUT2D eigenvalue weighted by atomic mass is 9.87. The van der Waals surface area contributed by atoms with Crippen molar-refractivity contribution in [3.05, 3.63) is 35.9 Å². The minimum atomic E-state index is -3.22. The van der Waals surface area contributed by atoms with Gasteiger partial charge < -0.3 is 10.2 Å². The van der Waals surface area contributed by atoms with Gasteiger partial charge in [-0.1, -0.05) is 30.3 Å². The molecule has 2 N–H and O–H groups in total. The lowest BCUT2D eigenvalue weighted by Gasteiger charge is -2.19. The van der Waals surface area contributed by atoms with Gasteiger partial charge in [0.15, 0.2) is 11.7 Å². The monoisotopic (exact) mass is 286 g/mol. The van der Waals surface area contributed by atoms with E-state index in [1.165, 1.54) is 24.3 Å². The van der Waals surface area contributed by atoms with Gasteiger partial charge in [-0.25, -0.2) is 8.78 Å². The molecule has 0 aliphatic rings. The fraction of sp³-hybridized carbons (Fsp3) is 0.308. The molecule has 7 heteroatoms. The number of alkyl halides is 2. The second-order valence-corrected chi connectivity index (χ2v) is 4.15. The first-order valence-corrected chi connectivity index (χ1v) is 5.66. The van der Waals surface area contributed by atoms with E-state index in [4.69, 9.17) is 10.2 Å². The molecule has 0 saturated heterocycles. The number of rotatable bonds is 7. The molecule has 5 nitrogen and oxygen atoms in total. The largest absolute Gasteiger partial charge is 0.481 e. The number of hydrogen-bond donors (Lipinski definition) is 2. The van der Waals surface area contributed by atoms with Gasteiger partial charge in [-0.15, -0.1) is 0 Å². The Balaban J connectivity index is 2.95. The Hall–Kier alpha value is -2.31. The quantitative estimate of drug-likeness (QED) is 0.590. The molecule has 0 fully saturated rings. The molecule has 1 rings (SSSR count). The average Bonchev–Trinajstić information content (AvgIpc) is 2.37. The summed E-state index contributed by atoms with van der Waals surface area (Å²) in [4.78, 5) is 33.3. The van der Waals surface area contributed by atoms with Gasteiger partial charge in [0, 0.05) is 12.0 Å². The molecule has 0 aliphatic carbocycles. The Kier molecular flexibility index (Phi) is 5.31. The molecule has 1 aromatic rings. The Bertz CT molecular complexity index is 487. The molecular formula is C13H12F2O5. The van der Waals surface area contributed by atoms with E-state index in [1.54, 1.807) is 6.07 Å². The summed E-state index contributed by atoms with van der Waals surface area (Å²) in [5.74, 6) is -8.88. The van der Waals surface area contributed by atoms with Crippen LogP contribution in [0.25, 0.3) is 0 Å². The summed E-state index contributed by atoms with van der Waals surface area (Å²) in [5.41, 5.74) is 0.132. The number of carboxylic acids is 2. The Morgan fingerprint density at radius 2 is 1.50 bits per heavy atom. The Morgan fingerprint density at radius 1 is 1.00 bits per heavy atom. The number of carboxylic acid groups (broad SMARTS) is 2. The molecule has 108 valence electrons. The second kappa shape index (κ2) is 6.74. The smallest absolute Gasteiger partial charge is 0.318 e. The molecule has 0 spiro atoms. The number of carbonyl (C=O) groups excluding carboxylic acids is 1. The molecule has 20 heavy (non-hydrogen) atoms. The maximum absolute atomic E-state index is 12.9. The van der Waals surface area contributed by atoms with Crippen molar-refractivity contribution in [3.63, 3.8) is 0 Å². The number of benzene rings is 1. The topological polar surface area (TPSA) is 91.7 Å². The lowest BCUT2D eigenvalue weighted by Crippen LogP contribution is -2.36. The maximum Gasteiger partial charge on any atom is 0.318 e. The molecule has 0 saturated carbocycles. The van der Waals surface area contributed by atoms with Crippen molar-refractivity contribution in [2.75, 3.05) is 0 Å². The summed E-state index contributed by atoms with van der Waals surface area (Å²) in [6.45, 7) is 0. The van der Waals surface area contributed by atoms with E-state index in [0.717, 1.165) is 0 Å². The SMILES string of the molecule is O=C(CC(C(F)F)C(C(=O)O)C(=O)O)c1ccccc1. The minimum Gasteiger partial charge on any atom is -0.481 e. The van der Waals surface area contributed by atoms with E-state index < -0.39 is 42.4 Å². The summed E-state index contributed by atoms with van der Waals surface area (Å²) in [6, 6.07) is 7.45. The van der Waals surface area contributed by atoms with Crippen molar-refractivity contribution in [3.8, 4) is 0 Å². The molecule has 1 aromatic carbocycles. The molecule has 1 atom stereocenters. The molecule has 0 bridgehead atoms. The standard InChI is InChI=1S/C13H12F2O5/c14-11(15)8(10(12(17)18)13(19)20)6-9(16)7-4-2-1-3-5-7/h1-5,8,10-11H,6H2,(H,17,18)(H,19,20). The fourth-order valence-corrected chi connectivity index (χ4v) is 1.78. The van der Waals surface area contributed by atoms with Gasteiger partial charge in [-0.2, -0.15) is 0 Å². The van der Waals surface area contributed by atoms with E-state index in [0.29, 0.717) is 0 Å². The molecule has 1 unspecified atom stereocenters. The zero-order valence-corrected chi connectivity index (χ0v) is 10.2. The zero-order chi connectivity index (χ0) is 15.3. The summed E-state index contributed by atoms with van der Waals surface area (Å²) in [7, 11) is 0. The highest BCUT2D eigenvalue weighted by atomic mass is 19.3. The van der Waals surface area contributed by atoms with Crippen LogP contribution >= 0.6 is 0 Å². The Labute approximate surface area is 112 Å². The molecule has 0 heterocycles. The molecule has 0 aromatic heterocycles. The normalized spacial score (nSPS) is 12.4. The Morgan fingerprint density at radius 3 is 1.90 bits per heavy atom. The lowest BCUT2D eigenvalue weighted by molar-refractivity contribution is -0.160. The predicted molar refractivity (Wildman–Crippen MR) is 63.6 cm³/mol. The van der Waals surface area contributed by atoms with Gasteiger partial charge >= 0.3 is 11.9 Å². The van der Waals surface area contributed by atoms with Gasteiger partial charge in [0.05, 0.1) is 5.92 Å². The fourth-order valence-electron chi connectivity index (χ4n) is 1.78. The number of ketones is 1. The van der Waals surface area contributed by atoms with Crippen molar-refractivity contribution < 1.29 is 33.4 Å². The van der Waals surface area contributed by atoms with Crippen molar-refractivity contribution in [2.24, 2.45) is 11.8 Å². The van der Waals surface area contributed by atoms with Crippen LogP contribution in [0.3, 0.4) is 0 Å². The predicted octanol–water partition coefficient (Wildman–Crippen LogP) is 1.93. The van der Waals surface area contributed by atoms with Gasteiger partial charge in [0.25, 0.3) is 0 Å². The van der Waals surface area contributed by atoms with E-state index in [1.807, 2.05) is 0 Å². The van der Waals surface area contributed by atoms with Gasteiger partial charge in [-0.3, -0.25) is 14.4 Å². The van der Waals surface area contributed by atoms with Gasteiger partial charge in [0.1, 0.15) is 0 Å². The summed E-state index contributed by atoms with van der Waals surface area (Å²) >= 11 is 0. The third-order valence-electron chi connectivity index (χ3n) is 2.80. The summed E-state index contributed by atoms with van der Waals surface area (Å²) in [5, 5.41) is 17.4. The molecule has 0 amide bonds. The van der Waals surface area contributed by atoms with Crippen molar-refractivity contribution in [2.45, 2.75) is 12.8 Å². The molecule has 0 radical (unpaired) electrons. The van der Waals surface area contributed by atoms with E-state index >= 15 is 0 Å². The van der Waals surface area contributed by atoms with Gasteiger partial charge in [-0.05, 0) is 0 Å². The van der Waals surface area contributed by atoms with Crippen LogP contribution in [0.15, 0.2) is 30.3 Å². The molecule has 0 aliphatic heterocycles. The van der Waals surface area contributed by atoms with E-state index in [2.05, 4.69) is 0 Å². The highest BCUT2D eigenvalue weighted by Crippen LogP contribution is 2.26. The van der Waals surface area contributed by atoms with E-state index in [-0.39, 0.29) is 5.56 Å². The summed E-state index contributed by atoms with van der Waals surface area (Å²) < 4.78 is 25.7. The van der Waals surface area contributed by atoms with Crippen LogP contribution in [0, 0.1) is 11.8 Å².